The van der Waals surface area contributed by atoms with Crippen molar-refractivity contribution >= 4 is 5.91 Å². The Kier molecular flexibility index (Phi) is 3.65. The molecule has 0 radical (unpaired) electrons. The number of aryl methyl sites for hydroxylation is 2. The van der Waals surface area contributed by atoms with Crippen LogP contribution in [0, 0.1) is 12.8 Å². The molecule has 1 aliphatic heterocycles. The van der Waals surface area contributed by atoms with E-state index in [9.17, 15) is 4.79 Å². The van der Waals surface area contributed by atoms with Gasteiger partial charge in [-0.25, -0.2) is 9.67 Å². The standard InChI is InChI=1S/C12H21N5O/c1-7(2)11(13)12(18)15-9-4-5-10-14-8(3)16-17(10)6-9/h7,9,11H,4-6,13H2,1-3H3,(H,15,18)/t9?,11-/m0/s1. The van der Waals surface area contributed by atoms with Crippen LogP contribution in [-0.2, 0) is 17.8 Å². The van der Waals surface area contributed by atoms with E-state index in [4.69, 9.17) is 5.73 Å². The molecule has 6 heteroatoms. The van der Waals surface area contributed by atoms with Gasteiger partial charge in [-0.3, -0.25) is 4.79 Å². The van der Waals surface area contributed by atoms with Gasteiger partial charge in [-0.15, -0.1) is 0 Å². The van der Waals surface area contributed by atoms with Gasteiger partial charge < -0.3 is 11.1 Å². The molecule has 100 valence electrons. The van der Waals surface area contributed by atoms with Crippen LogP contribution in [0.2, 0.25) is 0 Å². The summed E-state index contributed by atoms with van der Waals surface area (Å²) in [6.07, 6.45) is 1.75. The second kappa shape index (κ2) is 5.06. The quantitative estimate of drug-likeness (QED) is 0.792. The minimum atomic E-state index is -0.441. The van der Waals surface area contributed by atoms with Crippen LogP contribution >= 0.6 is 0 Å². The van der Waals surface area contributed by atoms with E-state index in [1.54, 1.807) is 0 Å². The molecule has 2 heterocycles. The zero-order chi connectivity index (χ0) is 13.3. The van der Waals surface area contributed by atoms with Gasteiger partial charge in [0, 0.05) is 12.5 Å². The Morgan fingerprint density at radius 2 is 2.28 bits per heavy atom. The number of hydrogen-bond donors (Lipinski definition) is 2. The first-order chi connectivity index (χ1) is 8.47. The molecule has 1 aromatic rings. The number of fused-ring (bicyclic) bond motifs is 1. The lowest BCUT2D eigenvalue weighted by molar-refractivity contribution is -0.124. The highest BCUT2D eigenvalue weighted by atomic mass is 16.2. The van der Waals surface area contributed by atoms with Gasteiger partial charge in [-0.1, -0.05) is 13.8 Å². The molecule has 0 aliphatic carbocycles. The Labute approximate surface area is 107 Å². The van der Waals surface area contributed by atoms with Crippen molar-refractivity contribution in [1.29, 1.82) is 0 Å². The summed E-state index contributed by atoms with van der Waals surface area (Å²) in [5.41, 5.74) is 5.83. The molecular formula is C12H21N5O. The fraction of sp³-hybridized carbons (Fsp3) is 0.750. The highest BCUT2D eigenvalue weighted by Gasteiger charge is 2.25. The maximum absolute atomic E-state index is 11.9. The van der Waals surface area contributed by atoms with Gasteiger partial charge in [0.1, 0.15) is 11.6 Å². The van der Waals surface area contributed by atoms with Crippen LogP contribution < -0.4 is 11.1 Å². The molecule has 0 saturated carbocycles. The van der Waals surface area contributed by atoms with Gasteiger partial charge in [0.2, 0.25) is 5.91 Å². The van der Waals surface area contributed by atoms with Gasteiger partial charge in [0.05, 0.1) is 12.6 Å². The minimum Gasteiger partial charge on any atom is -0.350 e. The summed E-state index contributed by atoms with van der Waals surface area (Å²) >= 11 is 0. The second-order valence-electron chi connectivity index (χ2n) is 5.27. The van der Waals surface area contributed by atoms with E-state index in [1.165, 1.54) is 0 Å². The number of hydrogen-bond acceptors (Lipinski definition) is 4. The second-order valence-corrected chi connectivity index (χ2v) is 5.27. The predicted octanol–water partition coefficient (Wildman–Crippen LogP) is 0.000820. The van der Waals surface area contributed by atoms with Crippen LogP contribution in [0.1, 0.15) is 31.9 Å². The van der Waals surface area contributed by atoms with E-state index in [1.807, 2.05) is 25.5 Å². The Bertz CT molecular complexity index is 440. The first-order valence-corrected chi connectivity index (χ1v) is 6.43. The Balaban J connectivity index is 1.95. The minimum absolute atomic E-state index is 0.0738. The van der Waals surface area contributed by atoms with Crippen LogP contribution in [0.5, 0.6) is 0 Å². The summed E-state index contributed by atoms with van der Waals surface area (Å²) in [7, 11) is 0. The SMILES string of the molecule is Cc1nc2n(n1)CC(NC(=O)[C@@H](N)C(C)C)CC2. The molecule has 1 unspecified atom stereocenters. The lowest BCUT2D eigenvalue weighted by atomic mass is 10.0. The van der Waals surface area contributed by atoms with Crippen molar-refractivity contribution in [2.24, 2.45) is 11.7 Å². The number of carbonyl (C=O) groups is 1. The van der Waals surface area contributed by atoms with Crippen LogP contribution in [0.4, 0.5) is 0 Å². The molecule has 0 aromatic carbocycles. The third kappa shape index (κ3) is 2.69. The van der Waals surface area contributed by atoms with Crippen molar-refractivity contribution in [1.82, 2.24) is 20.1 Å². The average Bonchev–Trinajstić information content (AvgIpc) is 2.67. The van der Waals surface area contributed by atoms with Gasteiger partial charge in [-0.05, 0) is 19.3 Å². The van der Waals surface area contributed by atoms with Crippen LogP contribution in [-0.4, -0.2) is 32.8 Å². The summed E-state index contributed by atoms with van der Waals surface area (Å²) in [5, 5.41) is 7.31. The van der Waals surface area contributed by atoms with Crippen LogP contribution in [0.3, 0.4) is 0 Å². The van der Waals surface area contributed by atoms with Gasteiger partial charge in [0.15, 0.2) is 0 Å². The van der Waals surface area contributed by atoms with Crippen molar-refractivity contribution in [2.45, 2.75) is 52.2 Å². The Morgan fingerprint density at radius 3 is 2.94 bits per heavy atom. The number of amides is 1. The molecule has 1 aromatic heterocycles. The van der Waals surface area contributed by atoms with Crippen molar-refractivity contribution < 1.29 is 4.79 Å². The third-order valence-electron chi connectivity index (χ3n) is 3.33. The zero-order valence-electron chi connectivity index (χ0n) is 11.2. The molecule has 6 nitrogen and oxygen atoms in total. The molecule has 18 heavy (non-hydrogen) atoms. The number of nitrogens with two attached hydrogens (primary N) is 1. The lowest BCUT2D eigenvalue weighted by Crippen LogP contribution is -2.50. The number of nitrogens with one attached hydrogen (secondary N) is 1. The molecule has 2 atom stereocenters. The molecule has 3 N–H and O–H groups in total. The molecule has 0 fully saturated rings. The monoisotopic (exact) mass is 251 g/mol. The average molecular weight is 251 g/mol. The predicted molar refractivity (Wildman–Crippen MR) is 67.8 cm³/mol. The first kappa shape index (κ1) is 13.0. The topological polar surface area (TPSA) is 85.8 Å². The van der Waals surface area contributed by atoms with Crippen LogP contribution in [0.25, 0.3) is 0 Å². The van der Waals surface area contributed by atoms with E-state index in [0.29, 0.717) is 6.54 Å². The van der Waals surface area contributed by atoms with E-state index in [-0.39, 0.29) is 17.9 Å². The zero-order valence-corrected chi connectivity index (χ0v) is 11.2. The molecule has 2 rings (SSSR count). The molecular weight excluding hydrogens is 230 g/mol. The van der Waals surface area contributed by atoms with Crippen LogP contribution in [0.15, 0.2) is 0 Å². The number of aromatic nitrogens is 3. The number of carbonyl (C=O) groups excluding carboxylic acids is 1. The van der Waals surface area contributed by atoms with Crippen molar-refractivity contribution in [2.75, 3.05) is 0 Å². The molecule has 0 saturated heterocycles. The number of rotatable bonds is 3. The van der Waals surface area contributed by atoms with Crippen molar-refractivity contribution in [3.63, 3.8) is 0 Å². The molecule has 0 spiro atoms. The van der Waals surface area contributed by atoms with Gasteiger partial charge >= 0.3 is 0 Å². The first-order valence-electron chi connectivity index (χ1n) is 6.43. The summed E-state index contributed by atoms with van der Waals surface area (Å²) in [6.45, 7) is 6.47. The Morgan fingerprint density at radius 1 is 1.56 bits per heavy atom. The van der Waals surface area contributed by atoms with E-state index < -0.39 is 6.04 Å². The fourth-order valence-corrected chi connectivity index (χ4v) is 2.15. The fourth-order valence-electron chi connectivity index (χ4n) is 2.15. The summed E-state index contributed by atoms with van der Waals surface area (Å²) < 4.78 is 1.88. The smallest absolute Gasteiger partial charge is 0.237 e. The highest BCUT2D eigenvalue weighted by molar-refractivity contribution is 5.82. The summed E-state index contributed by atoms with van der Waals surface area (Å²) in [4.78, 5) is 16.2. The van der Waals surface area contributed by atoms with E-state index >= 15 is 0 Å². The summed E-state index contributed by atoms with van der Waals surface area (Å²) in [6, 6.07) is -0.334. The summed E-state index contributed by atoms with van der Waals surface area (Å²) in [5.74, 6) is 1.87. The lowest BCUT2D eigenvalue weighted by Gasteiger charge is -2.25. The maximum Gasteiger partial charge on any atom is 0.237 e. The Hall–Kier alpha value is -1.43. The number of nitrogens with zero attached hydrogens (tertiary/aromatic N) is 3. The maximum atomic E-state index is 11.9. The molecule has 1 aliphatic rings. The van der Waals surface area contributed by atoms with Crippen molar-refractivity contribution in [3.8, 4) is 0 Å². The largest absolute Gasteiger partial charge is 0.350 e. The van der Waals surface area contributed by atoms with Gasteiger partial charge in [0.25, 0.3) is 0 Å². The van der Waals surface area contributed by atoms with E-state index in [2.05, 4.69) is 15.4 Å². The third-order valence-corrected chi connectivity index (χ3v) is 3.33. The molecule has 1 amide bonds. The van der Waals surface area contributed by atoms with Gasteiger partial charge in [-0.2, -0.15) is 5.10 Å². The van der Waals surface area contributed by atoms with E-state index in [0.717, 1.165) is 24.5 Å². The highest BCUT2D eigenvalue weighted by Crippen LogP contribution is 2.13. The molecule has 0 bridgehead atoms. The normalized spacial score (nSPS) is 20.6. The van der Waals surface area contributed by atoms with Crippen molar-refractivity contribution in [3.05, 3.63) is 11.6 Å².